The fourth-order valence-corrected chi connectivity index (χ4v) is 3.92. The molecule has 0 aliphatic carbocycles. The van der Waals surface area contributed by atoms with Gasteiger partial charge in [-0.2, -0.15) is 0 Å². The monoisotopic (exact) mass is 434 g/mol. The van der Waals surface area contributed by atoms with E-state index in [2.05, 4.69) is 4.98 Å². The normalized spacial score (nSPS) is 11.1. The summed E-state index contributed by atoms with van der Waals surface area (Å²) in [4.78, 5) is 31.0. The van der Waals surface area contributed by atoms with Gasteiger partial charge in [0.05, 0.1) is 17.5 Å². The molecule has 4 rings (SSSR count). The summed E-state index contributed by atoms with van der Waals surface area (Å²) >= 11 is 6.22. The first-order chi connectivity index (χ1) is 14.7. The summed E-state index contributed by atoms with van der Waals surface area (Å²) in [5.41, 5.74) is 3.85. The molecule has 2 aromatic carbocycles. The number of hydrogen-bond donors (Lipinski definition) is 0. The molecule has 0 amide bonds. The van der Waals surface area contributed by atoms with Gasteiger partial charge < -0.3 is 4.57 Å². The van der Waals surface area contributed by atoms with Crippen molar-refractivity contribution in [1.29, 1.82) is 0 Å². The predicted molar refractivity (Wildman–Crippen MR) is 121 cm³/mol. The maximum Gasteiger partial charge on any atom is 0.202 e. The van der Waals surface area contributed by atoms with Crippen molar-refractivity contribution in [2.75, 3.05) is 0 Å². The van der Waals surface area contributed by atoms with Gasteiger partial charge in [-0.05, 0) is 56.2 Å². The molecule has 2 heterocycles. The minimum atomic E-state index is -0.432. The zero-order valence-electron chi connectivity index (χ0n) is 17.4. The molecule has 0 aliphatic rings. The summed E-state index contributed by atoms with van der Waals surface area (Å²) in [6.07, 6.45) is 1.53. The Bertz CT molecular complexity index is 1410. The second kappa shape index (κ2) is 8.08. The molecule has 0 saturated carbocycles. The number of pyridine rings is 2. The van der Waals surface area contributed by atoms with Crippen LogP contribution in [-0.2, 0) is 6.54 Å². The van der Waals surface area contributed by atoms with Gasteiger partial charge in [0.1, 0.15) is 11.5 Å². The lowest BCUT2D eigenvalue weighted by molar-refractivity contribution is 0.103. The van der Waals surface area contributed by atoms with Gasteiger partial charge in [-0.3, -0.25) is 9.59 Å². The van der Waals surface area contributed by atoms with Gasteiger partial charge in [0.25, 0.3) is 0 Å². The first-order valence-electron chi connectivity index (χ1n) is 9.81. The van der Waals surface area contributed by atoms with Crippen molar-refractivity contribution in [2.45, 2.75) is 27.3 Å². The molecule has 0 aliphatic heterocycles. The SMILES string of the molecule is Cc1ccc(C(=O)c2cn(Cc3ccc(F)cc3Cl)c3nc(C)ccc3c2=O)c(C)c1. The summed E-state index contributed by atoms with van der Waals surface area (Å²) < 4.78 is 15.2. The number of rotatable bonds is 4. The van der Waals surface area contributed by atoms with Crippen LogP contribution in [0.1, 0.15) is 38.3 Å². The predicted octanol–water partition coefficient (Wildman–Crippen LogP) is 5.39. The molecule has 0 bridgehead atoms. The number of nitrogens with zero attached hydrogens (tertiary/aromatic N) is 2. The Kier molecular flexibility index (Phi) is 5.46. The average molecular weight is 435 g/mol. The zero-order valence-corrected chi connectivity index (χ0v) is 18.1. The Morgan fingerprint density at radius 2 is 1.81 bits per heavy atom. The molecule has 0 saturated heterocycles. The number of carbonyl (C=O) groups excluding carboxylic acids is 1. The highest BCUT2D eigenvalue weighted by molar-refractivity contribution is 6.31. The molecule has 0 N–H and O–H groups in total. The fraction of sp³-hybridized carbons (Fsp3) is 0.160. The third-order valence-corrected chi connectivity index (χ3v) is 5.64. The van der Waals surface area contributed by atoms with Crippen LogP contribution in [0.25, 0.3) is 11.0 Å². The highest BCUT2D eigenvalue weighted by Crippen LogP contribution is 2.22. The lowest BCUT2D eigenvalue weighted by atomic mass is 9.97. The molecule has 0 spiro atoms. The van der Waals surface area contributed by atoms with Crippen LogP contribution in [-0.4, -0.2) is 15.3 Å². The maximum absolute atomic E-state index is 13.5. The lowest BCUT2D eigenvalue weighted by Crippen LogP contribution is -2.21. The highest BCUT2D eigenvalue weighted by atomic mass is 35.5. The maximum atomic E-state index is 13.5. The Labute approximate surface area is 183 Å². The minimum absolute atomic E-state index is 0.0586. The standard InChI is InChI=1S/C25H20ClFN2O2/c1-14-4-8-19(15(2)10-14)23(30)21-13-29(12-17-6-7-18(27)11-22(17)26)25-20(24(21)31)9-5-16(3)28-25/h4-11,13H,12H2,1-3H3. The van der Waals surface area contributed by atoms with E-state index in [4.69, 9.17) is 11.6 Å². The topological polar surface area (TPSA) is 52.0 Å². The van der Waals surface area contributed by atoms with Gasteiger partial charge in [0.15, 0.2) is 5.78 Å². The number of benzene rings is 2. The van der Waals surface area contributed by atoms with Crippen molar-refractivity contribution in [1.82, 2.24) is 9.55 Å². The van der Waals surface area contributed by atoms with Crippen LogP contribution >= 0.6 is 11.6 Å². The molecular weight excluding hydrogens is 415 g/mol. The van der Waals surface area contributed by atoms with E-state index in [0.717, 1.165) is 16.8 Å². The van der Waals surface area contributed by atoms with Crippen LogP contribution in [0.3, 0.4) is 0 Å². The molecule has 2 aromatic heterocycles. The smallest absolute Gasteiger partial charge is 0.202 e. The van der Waals surface area contributed by atoms with E-state index < -0.39 is 5.82 Å². The number of halogens is 2. The molecule has 0 radical (unpaired) electrons. The summed E-state index contributed by atoms with van der Waals surface area (Å²) in [6.45, 7) is 5.86. The zero-order chi connectivity index (χ0) is 22.3. The molecule has 156 valence electrons. The van der Waals surface area contributed by atoms with Crippen LogP contribution in [0.15, 0.2) is 59.5 Å². The second-order valence-electron chi connectivity index (χ2n) is 7.71. The van der Waals surface area contributed by atoms with Gasteiger partial charge in [-0.15, -0.1) is 0 Å². The third-order valence-electron chi connectivity index (χ3n) is 5.29. The number of fused-ring (bicyclic) bond motifs is 1. The number of aryl methyl sites for hydroxylation is 3. The largest absolute Gasteiger partial charge is 0.327 e. The minimum Gasteiger partial charge on any atom is -0.327 e. The summed E-state index contributed by atoms with van der Waals surface area (Å²) in [5, 5.41) is 0.612. The van der Waals surface area contributed by atoms with Gasteiger partial charge >= 0.3 is 0 Å². The van der Waals surface area contributed by atoms with Crippen molar-refractivity contribution in [3.05, 3.63) is 109 Å². The Hall–Kier alpha value is -3.31. The highest BCUT2D eigenvalue weighted by Gasteiger charge is 2.20. The van der Waals surface area contributed by atoms with E-state index in [1.807, 2.05) is 32.9 Å². The van der Waals surface area contributed by atoms with Crippen molar-refractivity contribution in [3.63, 3.8) is 0 Å². The quantitative estimate of drug-likeness (QED) is 0.404. The second-order valence-corrected chi connectivity index (χ2v) is 8.11. The average Bonchev–Trinajstić information content (AvgIpc) is 2.71. The molecule has 31 heavy (non-hydrogen) atoms. The Balaban J connectivity index is 1.93. The van der Waals surface area contributed by atoms with Crippen molar-refractivity contribution in [2.24, 2.45) is 0 Å². The fourth-order valence-electron chi connectivity index (χ4n) is 3.69. The third kappa shape index (κ3) is 4.01. The van der Waals surface area contributed by atoms with E-state index in [1.165, 1.54) is 18.3 Å². The van der Waals surface area contributed by atoms with E-state index in [-0.39, 0.29) is 28.3 Å². The number of carbonyl (C=O) groups is 1. The van der Waals surface area contributed by atoms with Crippen molar-refractivity contribution < 1.29 is 9.18 Å². The Morgan fingerprint density at radius 1 is 1.03 bits per heavy atom. The van der Waals surface area contributed by atoms with Crippen LogP contribution in [0, 0.1) is 26.6 Å². The summed E-state index contributed by atoms with van der Waals surface area (Å²) in [7, 11) is 0. The van der Waals surface area contributed by atoms with Crippen LogP contribution in [0.5, 0.6) is 0 Å². The summed E-state index contributed by atoms with van der Waals surface area (Å²) in [6, 6.07) is 13.1. The molecule has 4 nitrogen and oxygen atoms in total. The van der Waals surface area contributed by atoms with Crippen LogP contribution in [0.2, 0.25) is 5.02 Å². The molecular formula is C25H20ClFN2O2. The molecule has 0 unspecified atom stereocenters. The van der Waals surface area contributed by atoms with E-state index >= 15 is 0 Å². The van der Waals surface area contributed by atoms with Crippen molar-refractivity contribution >= 4 is 28.4 Å². The van der Waals surface area contributed by atoms with E-state index in [0.29, 0.717) is 22.2 Å². The van der Waals surface area contributed by atoms with Gasteiger partial charge in [0.2, 0.25) is 5.43 Å². The number of aromatic nitrogens is 2. The van der Waals surface area contributed by atoms with Gasteiger partial charge in [-0.25, -0.2) is 9.37 Å². The molecule has 4 aromatic rings. The van der Waals surface area contributed by atoms with Crippen LogP contribution in [0.4, 0.5) is 4.39 Å². The van der Waals surface area contributed by atoms with E-state index in [1.54, 1.807) is 28.8 Å². The van der Waals surface area contributed by atoms with Crippen LogP contribution < -0.4 is 5.43 Å². The van der Waals surface area contributed by atoms with E-state index in [9.17, 15) is 14.0 Å². The molecule has 0 atom stereocenters. The lowest BCUT2D eigenvalue weighted by Gasteiger charge is -2.14. The Morgan fingerprint density at radius 3 is 2.52 bits per heavy atom. The molecule has 6 heteroatoms. The first kappa shape index (κ1) is 20.9. The van der Waals surface area contributed by atoms with Gasteiger partial charge in [-0.1, -0.05) is 41.4 Å². The van der Waals surface area contributed by atoms with Gasteiger partial charge in [0, 0.05) is 22.5 Å². The number of ketones is 1. The molecule has 0 fully saturated rings. The summed E-state index contributed by atoms with van der Waals surface area (Å²) in [5.74, 6) is -0.776. The number of hydrogen-bond acceptors (Lipinski definition) is 3. The van der Waals surface area contributed by atoms with Crippen molar-refractivity contribution in [3.8, 4) is 0 Å². The first-order valence-corrected chi connectivity index (χ1v) is 10.2.